The molecule has 0 fully saturated rings. The maximum atomic E-state index is 11.9. The van der Waals surface area contributed by atoms with Gasteiger partial charge < -0.3 is 10.4 Å². The molecule has 0 radical (unpaired) electrons. The molecule has 1 aromatic carbocycles. The van der Waals surface area contributed by atoms with Crippen molar-refractivity contribution in [1.82, 2.24) is 15.2 Å². The molecular formula is C20H27N3O2. The first-order chi connectivity index (χ1) is 12.2. The number of fused-ring (bicyclic) bond motifs is 1. The molecule has 2 N–H and O–H groups in total. The number of aromatic nitrogens is 1. The van der Waals surface area contributed by atoms with Crippen molar-refractivity contribution >= 4 is 5.91 Å². The van der Waals surface area contributed by atoms with Gasteiger partial charge in [0.15, 0.2) is 0 Å². The number of carbonyl (C=O) groups is 1. The summed E-state index contributed by atoms with van der Waals surface area (Å²) >= 11 is 0. The zero-order chi connectivity index (χ0) is 18.1. The number of nitrogens with zero attached hydrogens (tertiary/aromatic N) is 2. The van der Waals surface area contributed by atoms with Gasteiger partial charge >= 0.3 is 0 Å². The Kier molecular flexibility index (Phi) is 7.57. The predicted molar refractivity (Wildman–Crippen MR) is 99.3 cm³/mol. The summed E-state index contributed by atoms with van der Waals surface area (Å²) in [6.45, 7) is 6.59. The van der Waals surface area contributed by atoms with Crippen LogP contribution in [-0.2, 0) is 13.0 Å². The lowest BCUT2D eigenvalue weighted by atomic mass is 10.00. The Morgan fingerprint density at radius 1 is 1.24 bits per heavy atom. The third kappa shape index (κ3) is 5.66. The molecule has 134 valence electrons. The first-order valence-corrected chi connectivity index (χ1v) is 8.88. The average molecular weight is 341 g/mol. The molecule has 1 aromatic heterocycles. The molecule has 1 unspecified atom stereocenters. The minimum absolute atomic E-state index is 0.207. The van der Waals surface area contributed by atoms with Crippen LogP contribution < -0.4 is 5.32 Å². The molecule has 0 saturated carbocycles. The fourth-order valence-electron chi connectivity index (χ4n) is 2.88. The summed E-state index contributed by atoms with van der Waals surface area (Å²) in [7, 11) is 0. The number of hydrogen-bond acceptors (Lipinski definition) is 4. The van der Waals surface area contributed by atoms with Crippen LogP contribution in [0, 0.1) is 0 Å². The number of rotatable bonds is 5. The van der Waals surface area contributed by atoms with Crippen molar-refractivity contribution in [2.45, 2.75) is 32.9 Å². The monoisotopic (exact) mass is 341 g/mol. The maximum Gasteiger partial charge on any atom is 0.252 e. The highest BCUT2D eigenvalue weighted by Gasteiger charge is 2.18. The van der Waals surface area contributed by atoms with E-state index < -0.39 is 6.10 Å². The van der Waals surface area contributed by atoms with Crippen LogP contribution in [0.25, 0.3) is 0 Å². The van der Waals surface area contributed by atoms with Gasteiger partial charge in [-0.1, -0.05) is 38.1 Å². The molecule has 2 heterocycles. The van der Waals surface area contributed by atoms with E-state index in [2.05, 4.69) is 33.4 Å². The molecule has 3 rings (SSSR count). The molecule has 1 atom stereocenters. The van der Waals surface area contributed by atoms with Gasteiger partial charge in [0.2, 0.25) is 0 Å². The highest BCUT2D eigenvalue weighted by atomic mass is 16.3. The Labute approximate surface area is 149 Å². The van der Waals surface area contributed by atoms with Crippen molar-refractivity contribution in [2.24, 2.45) is 0 Å². The van der Waals surface area contributed by atoms with Crippen LogP contribution in [-0.4, -0.2) is 46.6 Å². The summed E-state index contributed by atoms with van der Waals surface area (Å²) in [5.41, 5.74) is 3.22. The van der Waals surface area contributed by atoms with Crippen LogP contribution in [0.5, 0.6) is 0 Å². The van der Waals surface area contributed by atoms with Crippen molar-refractivity contribution in [2.75, 3.05) is 19.6 Å². The number of nitrogens with one attached hydrogen (secondary N) is 1. The Morgan fingerprint density at radius 3 is 2.72 bits per heavy atom. The van der Waals surface area contributed by atoms with Gasteiger partial charge in [-0.3, -0.25) is 14.7 Å². The van der Waals surface area contributed by atoms with Gasteiger partial charge in [0.05, 0.1) is 11.7 Å². The molecular weight excluding hydrogens is 314 g/mol. The van der Waals surface area contributed by atoms with Crippen LogP contribution in [0.4, 0.5) is 0 Å². The fraction of sp³-hybridized carbons (Fsp3) is 0.400. The standard InChI is InChI=1S/C18H21N3O2.C2H6/c22-17(11-20-18(23)15-6-3-8-19-10-15)13-21-9-7-14-4-1-2-5-16(14)12-21;1-2/h1-6,8,10,17,22H,7,9,11-13H2,(H,20,23);1-2H3. The average Bonchev–Trinajstić information content (AvgIpc) is 2.68. The van der Waals surface area contributed by atoms with E-state index in [1.165, 1.54) is 17.3 Å². The Bertz CT molecular complexity index is 661. The quantitative estimate of drug-likeness (QED) is 0.875. The normalized spacial score (nSPS) is 14.7. The number of benzene rings is 1. The fourth-order valence-corrected chi connectivity index (χ4v) is 2.88. The Hall–Kier alpha value is -2.24. The van der Waals surface area contributed by atoms with E-state index >= 15 is 0 Å². The zero-order valence-corrected chi connectivity index (χ0v) is 15.0. The van der Waals surface area contributed by atoms with Crippen LogP contribution in [0.3, 0.4) is 0 Å². The molecule has 0 saturated heterocycles. The van der Waals surface area contributed by atoms with Crippen molar-refractivity contribution in [3.63, 3.8) is 0 Å². The molecule has 5 heteroatoms. The Morgan fingerprint density at radius 2 is 2.00 bits per heavy atom. The highest BCUT2D eigenvalue weighted by Crippen LogP contribution is 2.18. The summed E-state index contributed by atoms with van der Waals surface area (Å²) in [5, 5.41) is 12.9. The summed E-state index contributed by atoms with van der Waals surface area (Å²) in [4.78, 5) is 18.1. The zero-order valence-electron chi connectivity index (χ0n) is 15.0. The van der Waals surface area contributed by atoms with Crippen LogP contribution in [0.2, 0.25) is 0 Å². The molecule has 1 amide bonds. The van der Waals surface area contributed by atoms with E-state index in [9.17, 15) is 9.90 Å². The molecule has 2 aromatic rings. The number of pyridine rings is 1. The summed E-state index contributed by atoms with van der Waals surface area (Å²) in [6.07, 6.45) is 3.56. The van der Waals surface area contributed by atoms with Crippen molar-refractivity contribution in [3.8, 4) is 0 Å². The van der Waals surface area contributed by atoms with E-state index in [0.717, 1.165) is 19.5 Å². The lowest BCUT2D eigenvalue weighted by molar-refractivity contribution is 0.0841. The third-order valence-electron chi connectivity index (χ3n) is 4.10. The largest absolute Gasteiger partial charge is 0.390 e. The molecule has 25 heavy (non-hydrogen) atoms. The molecule has 0 aliphatic carbocycles. The second-order valence-electron chi connectivity index (χ2n) is 5.86. The van der Waals surface area contributed by atoms with Gasteiger partial charge in [-0.2, -0.15) is 0 Å². The first kappa shape index (κ1) is 19.1. The summed E-state index contributed by atoms with van der Waals surface area (Å²) in [6, 6.07) is 11.8. The minimum atomic E-state index is -0.583. The number of β-amino-alcohol motifs (C(OH)–C–C–N with tert-alkyl or cyclic N) is 1. The second kappa shape index (κ2) is 9.91. The van der Waals surface area contributed by atoms with Gasteiger partial charge in [-0.15, -0.1) is 0 Å². The molecule has 1 aliphatic heterocycles. The van der Waals surface area contributed by atoms with Gasteiger partial charge in [-0.05, 0) is 29.7 Å². The number of aliphatic hydroxyl groups is 1. The van der Waals surface area contributed by atoms with E-state index in [-0.39, 0.29) is 12.5 Å². The van der Waals surface area contributed by atoms with Crippen molar-refractivity contribution < 1.29 is 9.90 Å². The van der Waals surface area contributed by atoms with Crippen molar-refractivity contribution in [1.29, 1.82) is 0 Å². The molecule has 0 spiro atoms. The van der Waals surface area contributed by atoms with Gasteiger partial charge in [0.1, 0.15) is 0 Å². The van der Waals surface area contributed by atoms with Gasteiger partial charge in [0.25, 0.3) is 5.91 Å². The maximum absolute atomic E-state index is 11.9. The van der Waals surface area contributed by atoms with E-state index in [4.69, 9.17) is 0 Å². The smallest absolute Gasteiger partial charge is 0.252 e. The number of hydrogen-bond donors (Lipinski definition) is 2. The molecule has 0 bridgehead atoms. The summed E-state index contributed by atoms with van der Waals surface area (Å²) < 4.78 is 0. The third-order valence-corrected chi connectivity index (χ3v) is 4.10. The Balaban J connectivity index is 0.00000109. The van der Waals surface area contributed by atoms with Gasteiger partial charge in [0, 0.05) is 38.6 Å². The SMILES string of the molecule is CC.O=C(NCC(O)CN1CCc2ccccc2C1)c1cccnc1. The highest BCUT2D eigenvalue weighted by molar-refractivity contribution is 5.93. The van der Waals surface area contributed by atoms with Gasteiger partial charge in [-0.25, -0.2) is 0 Å². The van der Waals surface area contributed by atoms with E-state index in [1.54, 1.807) is 18.3 Å². The number of aliphatic hydroxyl groups excluding tert-OH is 1. The minimum Gasteiger partial charge on any atom is -0.390 e. The van der Waals surface area contributed by atoms with E-state index in [1.807, 2.05) is 19.9 Å². The van der Waals surface area contributed by atoms with Crippen molar-refractivity contribution in [3.05, 3.63) is 65.5 Å². The first-order valence-electron chi connectivity index (χ1n) is 8.88. The summed E-state index contributed by atoms with van der Waals surface area (Å²) in [5.74, 6) is -0.207. The van der Waals surface area contributed by atoms with Crippen LogP contribution >= 0.6 is 0 Å². The van der Waals surface area contributed by atoms with E-state index in [0.29, 0.717) is 12.1 Å². The number of amides is 1. The lowest BCUT2D eigenvalue weighted by Gasteiger charge is -2.30. The topological polar surface area (TPSA) is 65.5 Å². The van der Waals surface area contributed by atoms with Crippen LogP contribution in [0.15, 0.2) is 48.8 Å². The molecule has 1 aliphatic rings. The molecule has 5 nitrogen and oxygen atoms in total. The predicted octanol–water partition coefficient (Wildman–Crippen LogP) is 2.26. The van der Waals surface area contributed by atoms with Crippen LogP contribution in [0.1, 0.15) is 35.3 Å². The lowest BCUT2D eigenvalue weighted by Crippen LogP contribution is -2.42. The second-order valence-corrected chi connectivity index (χ2v) is 5.86. The number of carbonyl (C=O) groups excluding carboxylic acids is 1.